The normalized spacial score (nSPS) is 10.1. The maximum Gasteiger partial charge on any atom is 0.220 e. The molecular formula is C14H16N2O2. The van der Waals surface area contributed by atoms with Crippen LogP contribution in [0.5, 0.6) is 5.75 Å². The summed E-state index contributed by atoms with van der Waals surface area (Å²) in [6.45, 7) is 2.48. The van der Waals surface area contributed by atoms with E-state index >= 15 is 0 Å². The Labute approximate surface area is 107 Å². The monoisotopic (exact) mass is 244 g/mol. The van der Waals surface area contributed by atoms with Crippen LogP contribution in [0.15, 0.2) is 36.4 Å². The van der Waals surface area contributed by atoms with E-state index in [2.05, 4.69) is 0 Å². The predicted octanol–water partition coefficient (Wildman–Crippen LogP) is 2.12. The fourth-order valence-electron chi connectivity index (χ4n) is 1.49. The molecule has 4 heteroatoms. The van der Waals surface area contributed by atoms with Gasteiger partial charge in [-0.3, -0.25) is 4.79 Å². The van der Waals surface area contributed by atoms with Crippen LogP contribution < -0.4 is 4.74 Å². The van der Waals surface area contributed by atoms with Gasteiger partial charge >= 0.3 is 0 Å². The lowest BCUT2D eigenvalue weighted by Gasteiger charge is -2.19. The zero-order valence-corrected chi connectivity index (χ0v) is 10.6. The summed E-state index contributed by atoms with van der Waals surface area (Å²) < 4.78 is 5.07. The minimum atomic E-state index is -0.0200. The molecule has 1 aromatic carbocycles. The van der Waals surface area contributed by atoms with Crippen LogP contribution in [0.4, 0.5) is 0 Å². The lowest BCUT2D eigenvalue weighted by atomic mass is 10.2. The van der Waals surface area contributed by atoms with Crippen LogP contribution in [-0.4, -0.2) is 24.5 Å². The number of amides is 1. The second-order valence-electron chi connectivity index (χ2n) is 3.78. The van der Waals surface area contributed by atoms with Crippen LogP contribution in [0.1, 0.15) is 12.5 Å². The van der Waals surface area contributed by atoms with Crippen LogP contribution in [0.25, 0.3) is 0 Å². The molecule has 1 aromatic rings. The van der Waals surface area contributed by atoms with Crippen molar-refractivity contribution < 1.29 is 9.53 Å². The fourth-order valence-corrected chi connectivity index (χ4v) is 1.49. The molecule has 94 valence electrons. The van der Waals surface area contributed by atoms with E-state index in [1.807, 2.05) is 30.3 Å². The van der Waals surface area contributed by atoms with Crippen molar-refractivity contribution in [3.05, 3.63) is 42.0 Å². The summed E-state index contributed by atoms with van der Waals surface area (Å²) in [5.41, 5.74) is 1.02. The molecular weight excluding hydrogens is 228 g/mol. The van der Waals surface area contributed by atoms with Crippen LogP contribution in [0.3, 0.4) is 0 Å². The number of carbonyl (C=O) groups excluding carboxylic acids is 1. The molecule has 0 saturated heterocycles. The van der Waals surface area contributed by atoms with Crippen LogP contribution in [0.2, 0.25) is 0 Å². The number of hydrogen-bond acceptors (Lipinski definition) is 3. The standard InChI is InChI=1S/C14H16N2O2/c1-12(17)16(10-4-3-9-15)11-13-5-7-14(18-2)8-6-13/h3-8H,10-11H2,1-2H3/b4-3+. The quantitative estimate of drug-likeness (QED) is 0.745. The highest BCUT2D eigenvalue weighted by molar-refractivity contribution is 5.73. The van der Waals surface area contributed by atoms with E-state index in [9.17, 15) is 4.79 Å². The Morgan fingerprint density at radius 2 is 2.11 bits per heavy atom. The fraction of sp³-hybridized carbons (Fsp3) is 0.286. The molecule has 0 aromatic heterocycles. The number of rotatable bonds is 5. The second kappa shape index (κ2) is 7.13. The summed E-state index contributed by atoms with van der Waals surface area (Å²) in [7, 11) is 1.61. The largest absolute Gasteiger partial charge is 0.497 e. The van der Waals surface area contributed by atoms with E-state index in [4.69, 9.17) is 10.00 Å². The van der Waals surface area contributed by atoms with E-state index in [-0.39, 0.29) is 5.91 Å². The van der Waals surface area contributed by atoms with Crippen LogP contribution in [0, 0.1) is 11.3 Å². The summed E-state index contributed by atoms with van der Waals surface area (Å²) in [5, 5.41) is 8.41. The van der Waals surface area contributed by atoms with E-state index in [1.54, 1.807) is 18.1 Å². The summed E-state index contributed by atoms with van der Waals surface area (Å²) in [6.07, 6.45) is 3.05. The molecule has 1 rings (SSSR count). The number of benzene rings is 1. The Morgan fingerprint density at radius 3 is 2.61 bits per heavy atom. The van der Waals surface area contributed by atoms with Gasteiger partial charge in [-0.15, -0.1) is 0 Å². The van der Waals surface area contributed by atoms with Crippen molar-refractivity contribution in [2.24, 2.45) is 0 Å². The molecule has 0 fully saturated rings. The minimum Gasteiger partial charge on any atom is -0.497 e. The highest BCUT2D eigenvalue weighted by Crippen LogP contribution is 2.13. The molecule has 0 radical (unpaired) electrons. The first kappa shape index (κ1) is 13.8. The van der Waals surface area contributed by atoms with Gasteiger partial charge in [0, 0.05) is 26.1 Å². The molecule has 0 aliphatic carbocycles. The molecule has 1 amide bonds. The van der Waals surface area contributed by atoms with Gasteiger partial charge in [-0.25, -0.2) is 0 Å². The van der Waals surface area contributed by atoms with E-state index < -0.39 is 0 Å². The summed E-state index contributed by atoms with van der Waals surface area (Å²) in [6, 6.07) is 9.46. The molecule has 0 bridgehead atoms. The van der Waals surface area contributed by atoms with Crippen molar-refractivity contribution in [1.82, 2.24) is 4.90 Å². The van der Waals surface area contributed by atoms with Gasteiger partial charge < -0.3 is 9.64 Å². The van der Waals surface area contributed by atoms with Gasteiger partial charge in [-0.05, 0) is 17.7 Å². The number of hydrogen-bond donors (Lipinski definition) is 0. The third-order valence-corrected chi connectivity index (χ3v) is 2.50. The molecule has 0 N–H and O–H groups in total. The first-order valence-electron chi connectivity index (χ1n) is 5.60. The van der Waals surface area contributed by atoms with Gasteiger partial charge in [0.25, 0.3) is 0 Å². The highest BCUT2D eigenvalue weighted by Gasteiger charge is 2.07. The predicted molar refractivity (Wildman–Crippen MR) is 68.8 cm³/mol. The molecule has 18 heavy (non-hydrogen) atoms. The first-order chi connectivity index (χ1) is 8.67. The Kier molecular flexibility index (Phi) is 5.46. The number of allylic oxidation sites excluding steroid dienone is 1. The summed E-state index contributed by atoms with van der Waals surface area (Å²) >= 11 is 0. The first-order valence-corrected chi connectivity index (χ1v) is 5.60. The Balaban J connectivity index is 2.68. The smallest absolute Gasteiger partial charge is 0.220 e. The zero-order chi connectivity index (χ0) is 13.4. The van der Waals surface area contributed by atoms with E-state index in [0.717, 1.165) is 11.3 Å². The second-order valence-corrected chi connectivity index (χ2v) is 3.78. The summed E-state index contributed by atoms with van der Waals surface area (Å²) in [4.78, 5) is 13.1. The molecule has 0 atom stereocenters. The third-order valence-electron chi connectivity index (χ3n) is 2.50. The maximum atomic E-state index is 11.5. The number of nitriles is 1. The van der Waals surface area contributed by atoms with Crippen molar-refractivity contribution in [3.63, 3.8) is 0 Å². The maximum absolute atomic E-state index is 11.5. The topological polar surface area (TPSA) is 53.3 Å². The van der Waals surface area contributed by atoms with Gasteiger partial charge in [-0.1, -0.05) is 18.2 Å². The molecule has 0 aliphatic heterocycles. The van der Waals surface area contributed by atoms with Crippen molar-refractivity contribution >= 4 is 5.91 Å². The molecule has 0 aliphatic rings. The number of ether oxygens (including phenoxy) is 1. The van der Waals surface area contributed by atoms with E-state index in [1.165, 1.54) is 13.0 Å². The Bertz CT molecular complexity index is 458. The highest BCUT2D eigenvalue weighted by atomic mass is 16.5. The molecule has 4 nitrogen and oxygen atoms in total. The summed E-state index contributed by atoms with van der Waals surface area (Å²) in [5.74, 6) is 0.769. The lowest BCUT2D eigenvalue weighted by Crippen LogP contribution is -2.28. The third kappa shape index (κ3) is 4.30. The SMILES string of the molecule is COc1ccc(CN(C/C=C/C#N)C(C)=O)cc1. The number of nitrogens with zero attached hydrogens (tertiary/aromatic N) is 2. The van der Waals surface area contributed by atoms with Gasteiger partial charge in [0.05, 0.1) is 13.2 Å². The van der Waals surface area contributed by atoms with Crippen molar-refractivity contribution in [3.8, 4) is 11.8 Å². The van der Waals surface area contributed by atoms with Gasteiger partial charge in [0.1, 0.15) is 5.75 Å². The van der Waals surface area contributed by atoms with Crippen LogP contribution in [-0.2, 0) is 11.3 Å². The van der Waals surface area contributed by atoms with Crippen molar-refractivity contribution in [1.29, 1.82) is 5.26 Å². The minimum absolute atomic E-state index is 0.0200. The zero-order valence-electron chi connectivity index (χ0n) is 10.6. The number of methoxy groups -OCH3 is 1. The average Bonchev–Trinajstić information content (AvgIpc) is 2.38. The molecule has 0 spiro atoms. The molecule has 0 heterocycles. The van der Waals surface area contributed by atoms with Gasteiger partial charge in [0.2, 0.25) is 5.91 Å². The van der Waals surface area contributed by atoms with Gasteiger partial charge in [-0.2, -0.15) is 5.26 Å². The lowest BCUT2D eigenvalue weighted by molar-refractivity contribution is -0.128. The number of carbonyl (C=O) groups is 1. The van der Waals surface area contributed by atoms with Crippen molar-refractivity contribution in [2.75, 3.05) is 13.7 Å². The average molecular weight is 244 g/mol. The Morgan fingerprint density at radius 1 is 1.44 bits per heavy atom. The van der Waals surface area contributed by atoms with Gasteiger partial charge in [0.15, 0.2) is 0 Å². The van der Waals surface area contributed by atoms with E-state index in [0.29, 0.717) is 13.1 Å². The van der Waals surface area contributed by atoms with Crippen molar-refractivity contribution in [2.45, 2.75) is 13.5 Å². The molecule has 0 unspecified atom stereocenters. The molecule has 0 saturated carbocycles. The van der Waals surface area contributed by atoms with Crippen LogP contribution >= 0.6 is 0 Å². The Hall–Kier alpha value is -2.28.